The SMILES string of the molecule is COc1ccc(Cl)cc1C(=O)Nc1ccc(N2CCN(C(=O)OC(C)(C)C)CC2)cn1. The van der Waals surface area contributed by atoms with Crippen LogP contribution in [0.4, 0.5) is 16.3 Å². The van der Waals surface area contributed by atoms with Gasteiger partial charge in [-0.05, 0) is 51.1 Å². The normalized spacial score (nSPS) is 14.2. The summed E-state index contributed by atoms with van der Waals surface area (Å²) in [6, 6.07) is 8.48. The van der Waals surface area contributed by atoms with Crippen molar-refractivity contribution in [2.45, 2.75) is 26.4 Å². The van der Waals surface area contributed by atoms with E-state index in [2.05, 4.69) is 15.2 Å². The van der Waals surface area contributed by atoms with Crippen LogP contribution in [0.15, 0.2) is 36.5 Å². The summed E-state index contributed by atoms with van der Waals surface area (Å²) in [5, 5.41) is 3.20. The second-order valence-electron chi connectivity index (χ2n) is 8.15. The van der Waals surface area contributed by atoms with Gasteiger partial charge in [-0.15, -0.1) is 0 Å². The van der Waals surface area contributed by atoms with E-state index in [0.717, 1.165) is 5.69 Å². The molecular formula is C22H27ClN4O4. The molecular weight excluding hydrogens is 420 g/mol. The van der Waals surface area contributed by atoms with E-state index in [9.17, 15) is 9.59 Å². The average Bonchev–Trinajstić information content (AvgIpc) is 2.73. The molecule has 0 bridgehead atoms. The number of halogens is 1. The Morgan fingerprint density at radius 1 is 1.10 bits per heavy atom. The number of nitrogens with one attached hydrogen (secondary N) is 1. The number of pyridine rings is 1. The van der Waals surface area contributed by atoms with E-state index in [1.807, 2.05) is 26.8 Å². The second kappa shape index (κ2) is 9.43. The summed E-state index contributed by atoms with van der Waals surface area (Å²) < 4.78 is 10.7. The third-order valence-corrected chi connectivity index (χ3v) is 4.93. The molecule has 1 aromatic heterocycles. The lowest BCUT2D eigenvalue weighted by molar-refractivity contribution is 0.0240. The predicted octanol–water partition coefficient (Wildman–Crippen LogP) is 4.05. The van der Waals surface area contributed by atoms with Crippen molar-refractivity contribution < 1.29 is 19.1 Å². The van der Waals surface area contributed by atoms with Gasteiger partial charge in [-0.2, -0.15) is 0 Å². The molecule has 0 unspecified atom stereocenters. The molecule has 8 nitrogen and oxygen atoms in total. The maximum atomic E-state index is 12.6. The Balaban J connectivity index is 1.58. The van der Waals surface area contributed by atoms with Crippen LogP contribution in [0.3, 0.4) is 0 Å². The zero-order valence-electron chi connectivity index (χ0n) is 18.1. The molecule has 0 atom stereocenters. The van der Waals surface area contributed by atoms with E-state index >= 15 is 0 Å². The van der Waals surface area contributed by atoms with Crippen LogP contribution in [0, 0.1) is 0 Å². The number of carbonyl (C=O) groups is 2. The Morgan fingerprint density at radius 3 is 2.39 bits per heavy atom. The maximum Gasteiger partial charge on any atom is 0.410 e. The van der Waals surface area contributed by atoms with Crippen molar-refractivity contribution in [2.24, 2.45) is 0 Å². The quantitative estimate of drug-likeness (QED) is 0.762. The number of hydrogen-bond donors (Lipinski definition) is 1. The second-order valence-corrected chi connectivity index (χ2v) is 8.59. The minimum absolute atomic E-state index is 0.292. The Hall–Kier alpha value is -3.00. The number of rotatable bonds is 4. The van der Waals surface area contributed by atoms with Crippen molar-refractivity contribution in [3.05, 3.63) is 47.1 Å². The van der Waals surface area contributed by atoms with Gasteiger partial charge in [-0.1, -0.05) is 11.6 Å². The predicted molar refractivity (Wildman–Crippen MR) is 120 cm³/mol. The molecule has 0 saturated carbocycles. The highest BCUT2D eigenvalue weighted by atomic mass is 35.5. The molecule has 166 valence electrons. The van der Waals surface area contributed by atoms with E-state index in [1.54, 1.807) is 35.4 Å². The van der Waals surface area contributed by atoms with Crippen molar-refractivity contribution in [3.63, 3.8) is 0 Å². The van der Waals surface area contributed by atoms with Crippen LogP contribution >= 0.6 is 11.6 Å². The van der Waals surface area contributed by atoms with Crippen molar-refractivity contribution in [1.29, 1.82) is 0 Å². The minimum Gasteiger partial charge on any atom is -0.496 e. The average molecular weight is 447 g/mol. The Morgan fingerprint density at radius 2 is 1.81 bits per heavy atom. The van der Waals surface area contributed by atoms with Crippen LogP contribution in [0.2, 0.25) is 5.02 Å². The Kier molecular flexibility index (Phi) is 6.90. The topological polar surface area (TPSA) is 84.0 Å². The van der Waals surface area contributed by atoms with E-state index in [1.165, 1.54) is 7.11 Å². The summed E-state index contributed by atoms with van der Waals surface area (Å²) in [6.07, 6.45) is 1.41. The molecule has 1 saturated heterocycles. The third kappa shape index (κ3) is 6.01. The minimum atomic E-state index is -0.506. The summed E-state index contributed by atoms with van der Waals surface area (Å²) in [5.74, 6) is 0.495. The number of methoxy groups -OCH3 is 1. The lowest BCUT2D eigenvalue weighted by atomic mass is 10.2. The summed E-state index contributed by atoms with van der Waals surface area (Å²) >= 11 is 6.00. The number of anilines is 2. The van der Waals surface area contributed by atoms with E-state index in [0.29, 0.717) is 48.3 Å². The molecule has 0 radical (unpaired) electrons. The van der Waals surface area contributed by atoms with Crippen molar-refractivity contribution >= 4 is 35.1 Å². The van der Waals surface area contributed by atoms with Gasteiger partial charge in [-0.25, -0.2) is 9.78 Å². The van der Waals surface area contributed by atoms with Crippen LogP contribution in [-0.4, -0.2) is 60.8 Å². The van der Waals surface area contributed by atoms with Crippen LogP contribution in [0.25, 0.3) is 0 Å². The fraction of sp³-hybridized carbons (Fsp3) is 0.409. The van der Waals surface area contributed by atoms with Gasteiger partial charge >= 0.3 is 6.09 Å². The van der Waals surface area contributed by atoms with E-state index < -0.39 is 5.60 Å². The molecule has 2 aromatic rings. The van der Waals surface area contributed by atoms with Gasteiger partial charge in [0.15, 0.2) is 0 Å². The van der Waals surface area contributed by atoms with Crippen LogP contribution in [0.5, 0.6) is 5.75 Å². The molecule has 0 aliphatic carbocycles. The first-order valence-electron chi connectivity index (χ1n) is 10.00. The number of hydrogen-bond acceptors (Lipinski definition) is 6. The molecule has 2 amide bonds. The number of nitrogens with zero attached hydrogens (tertiary/aromatic N) is 3. The van der Waals surface area contributed by atoms with Gasteiger partial charge in [-0.3, -0.25) is 4.79 Å². The van der Waals surface area contributed by atoms with Crippen molar-refractivity contribution in [2.75, 3.05) is 43.5 Å². The Bertz CT molecular complexity index is 936. The summed E-state index contributed by atoms with van der Waals surface area (Å²) in [6.45, 7) is 8.06. The number of amides is 2. The third-order valence-electron chi connectivity index (χ3n) is 4.69. The summed E-state index contributed by atoms with van der Waals surface area (Å²) in [5.41, 5.74) is 0.745. The fourth-order valence-electron chi connectivity index (χ4n) is 3.16. The lowest BCUT2D eigenvalue weighted by Crippen LogP contribution is -2.50. The molecule has 1 fully saturated rings. The Labute approximate surface area is 187 Å². The van der Waals surface area contributed by atoms with Gasteiger partial charge < -0.3 is 24.6 Å². The summed E-state index contributed by atoms with van der Waals surface area (Å²) in [4.78, 5) is 33.0. The number of ether oxygens (including phenoxy) is 2. The molecule has 2 heterocycles. The molecule has 3 rings (SSSR count). The first-order valence-corrected chi connectivity index (χ1v) is 10.4. The van der Waals surface area contributed by atoms with Gasteiger partial charge in [0.2, 0.25) is 0 Å². The van der Waals surface area contributed by atoms with E-state index in [-0.39, 0.29) is 12.0 Å². The van der Waals surface area contributed by atoms with Crippen LogP contribution in [-0.2, 0) is 4.74 Å². The zero-order chi connectivity index (χ0) is 22.6. The number of piperazine rings is 1. The van der Waals surface area contributed by atoms with Gasteiger partial charge in [0.05, 0.1) is 24.6 Å². The fourth-order valence-corrected chi connectivity index (χ4v) is 3.33. The van der Waals surface area contributed by atoms with Crippen molar-refractivity contribution in [3.8, 4) is 5.75 Å². The number of aromatic nitrogens is 1. The molecule has 1 aliphatic rings. The smallest absolute Gasteiger partial charge is 0.410 e. The number of benzene rings is 1. The van der Waals surface area contributed by atoms with Gasteiger partial charge in [0.1, 0.15) is 17.2 Å². The maximum absolute atomic E-state index is 12.6. The number of carbonyl (C=O) groups excluding carboxylic acids is 2. The van der Waals surface area contributed by atoms with E-state index in [4.69, 9.17) is 21.1 Å². The molecule has 1 aromatic carbocycles. The molecule has 9 heteroatoms. The lowest BCUT2D eigenvalue weighted by Gasteiger charge is -2.36. The highest BCUT2D eigenvalue weighted by molar-refractivity contribution is 6.31. The monoisotopic (exact) mass is 446 g/mol. The standard InChI is InChI=1S/C22H27ClN4O4/c1-22(2,3)31-21(29)27-11-9-26(10-12-27)16-6-8-19(24-14-16)25-20(28)17-13-15(23)5-7-18(17)30-4/h5-8,13-14H,9-12H2,1-4H3,(H,24,25,28). The van der Waals surface area contributed by atoms with Gasteiger partial charge in [0, 0.05) is 31.2 Å². The first kappa shape index (κ1) is 22.7. The first-order chi connectivity index (χ1) is 14.7. The molecule has 1 N–H and O–H groups in total. The summed E-state index contributed by atoms with van der Waals surface area (Å²) in [7, 11) is 1.50. The van der Waals surface area contributed by atoms with Gasteiger partial charge in [0.25, 0.3) is 5.91 Å². The molecule has 1 aliphatic heterocycles. The highest BCUT2D eigenvalue weighted by Crippen LogP contribution is 2.24. The van der Waals surface area contributed by atoms with Crippen LogP contribution < -0.4 is 15.0 Å². The van der Waals surface area contributed by atoms with Crippen molar-refractivity contribution in [1.82, 2.24) is 9.88 Å². The molecule has 31 heavy (non-hydrogen) atoms. The zero-order valence-corrected chi connectivity index (χ0v) is 18.9. The van der Waals surface area contributed by atoms with Crippen LogP contribution in [0.1, 0.15) is 31.1 Å². The molecule has 0 spiro atoms. The highest BCUT2D eigenvalue weighted by Gasteiger charge is 2.26. The largest absolute Gasteiger partial charge is 0.496 e.